The molecule has 0 aliphatic carbocycles. The van der Waals surface area contributed by atoms with Crippen LogP contribution in [0, 0.1) is 20.8 Å². The van der Waals surface area contributed by atoms with Gasteiger partial charge >= 0.3 is 0 Å². The van der Waals surface area contributed by atoms with Crippen LogP contribution in [-0.2, 0) is 10.0 Å². The maximum atomic E-state index is 11.6. The van der Waals surface area contributed by atoms with Gasteiger partial charge in [-0.15, -0.1) is 0 Å². The van der Waals surface area contributed by atoms with Gasteiger partial charge in [0.05, 0.1) is 17.0 Å². The molecule has 0 radical (unpaired) electrons. The first-order valence-electron chi connectivity index (χ1n) is 6.10. The van der Waals surface area contributed by atoms with Crippen LogP contribution in [0.25, 0.3) is 16.8 Å². The highest BCUT2D eigenvalue weighted by Crippen LogP contribution is 2.27. The average molecular weight is 307 g/mol. The molecule has 9 heteroatoms. The van der Waals surface area contributed by atoms with Gasteiger partial charge in [-0.2, -0.15) is 5.10 Å². The fraction of sp³-hybridized carbons (Fsp3) is 0.250. The molecule has 8 nitrogen and oxygen atoms in total. The van der Waals surface area contributed by atoms with Crippen LogP contribution >= 0.6 is 0 Å². The second-order valence-electron chi connectivity index (χ2n) is 4.77. The molecule has 2 N–H and O–H groups in total. The normalized spacial score (nSPS) is 12.2. The summed E-state index contributed by atoms with van der Waals surface area (Å²) < 4.78 is 29.7. The molecule has 0 aliphatic rings. The molecule has 0 saturated heterocycles. The van der Waals surface area contributed by atoms with Gasteiger partial charge in [0.1, 0.15) is 10.7 Å². The van der Waals surface area contributed by atoms with Gasteiger partial charge in [0.25, 0.3) is 0 Å². The number of fused-ring (bicyclic) bond motifs is 1. The van der Waals surface area contributed by atoms with Gasteiger partial charge < -0.3 is 4.52 Å². The number of hydrogen-bond acceptors (Lipinski definition) is 6. The number of primary sulfonamides is 1. The van der Waals surface area contributed by atoms with E-state index in [1.165, 1.54) is 4.52 Å². The number of rotatable bonds is 2. The zero-order valence-electron chi connectivity index (χ0n) is 11.7. The third kappa shape index (κ3) is 2.10. The van der Waals surface area contributed by atoms with Crippen LogP contribution in [-0.4, -0.2) is 28.2 Å². The van der Waals surface area contributed by atoms with Gasteiger partial charge in [-0.3, -0.25) is 0 Å². The van der Waals surface area contributed by atoms with Crippen molar-refractivity contribution in [1.82, 2.24) is 19.8 Å². The van der Waals surface area contributed by atoms with E-state index in [9.17, 15) is 8.42 Å². The molecule has 0 saturated carbocycles. The highest BCUT2D eigenvalue weighted by atomic mass is 32.2. The van der Waals surface area contributed by atoms with Gasteiger partial charge in [0, 0.05) is 18.0 Å². The number of hydrogen-bond donors (Lipinski definition) is 1. The third-order valence-corrected chi connectivity index (χ3v) is 4.25. The van der Waals surface area contributed by atoms with Crippen molar-refractivity contribution in [1.29, 1.82) is 0 Å². The Labute approximate surface area is 120 Å². The molecule has 0 atom stereocenters. The number of aryl methyl sites for hydroxylation is 3. The Balaban J connectivity index is 2.29. The predicted molar refractivity (Wildman–Crippen MR) is 74.1 cm³/mol. The first-order chi connectivity index (χ1) is 9.79. The minimum Gasteiger partial charge on any atom is -0.361 e. The second kappa shape index (κ2) is 4.37. The summed E-state index contributed by atoms with van der Waals surface area (Å²) in [6.07, 6.45) is 3.23. The molecular weight excluding hydrogens is 294 g/mol. The van der Waals surface area contributed by atoms with Gasteiger partial charge in [-0.25, -0.2) is 23.1 Å². The van der Waals surface area contributed by atoms with E-state index in [1.807, 2.05) is 6.92 Å². The van der Waals surface area contributed by atoms with Gasteiger partial charge in [0.2, 0.25) is 10.0 Å². The number of nitrogens with two attached hydrogens (primary N) is 1. The number of nitrogens with zero attached hydrogens (tertiary/aromatic N) is 4. The zero-order valence-corrected chi connectivity index (χ0v) is 12.5. The Morgan fingerprint density at radius 1 is 1.24 bits per heavy atom. The van der Waals surface area contributed by atoms with E-state index in [0.29, 0.717) is 11.5 Å². The molecule has 0 fully saturated rings. The molecule has 110 valence electrons. The summed E-state index contributed by atoms with van der Waals surface area (Å²) in [5.74, 6) is 0.657. The Morgan fingerprint density at radius 3 is 2.52 bits per heavy atom. The summed E-state index contributed by atoms with van der Waals surface area (Å²) in [6, 6.07) is 0. The molecule has 0 aliphatic heterocycles. The molecule has 21 heavy (non-hydrogen) atoms. The Kier molecular flexibility index (Phi) is 2.85. The molecule has 3 aromatic heterocycles. The number of aromatic nitrogens is 4. The third-order valence-electron chi connectivity index (χ3n) is 3.20. The first kappa shape index (κ1) is 13.7. The van der Waals surface area contributed by atoms with E-state index in [0.717, 1.165) is 16.8 Å². The summed E-state index contributed by atoms with van der Waals surface area (Å²) in [5, 5.41) is 13.2. The summed E-state index contributed by atoms with van der Waals surface area (Å²) in [4.78, 5) is 4.12. The van der Waals surface area contributed by atoms with Crippen LogP contribution in [0.2, 0.25) is 0 Å². The van der Waals surface area contributed by atoms with E-state index in [1.54, 1.807) is 26.2 Å². The molecule has 3 aromatic rings. The van der Waals surface area contributed by atoms with E-state index in [-0.39, 0.29) is 10.5 Å². The van der Waals surface area contributed by atoms with Crippen molar-refractivity contribution in [3.8, 4) is 11.1 Å². The molecule has 0 spiro atoms. The zero-order chi connectivity index (χ0) is 15.4. The Hall–Kier alpha value is -2.26. The molecule has 3 heterocycles. The Bertz CT molecular complexity index is 935. The number of sulfonamides is 1. The molecule has 3 rings (SSSR count). The van der Waals surface area contributed by atoms with Crippen LogP contribution in [0.3, 0.4) is 0 Å². The lowest BCUT2D eigenvalue weighted by atomic mass is 10.1. The minimum absolute atomic E-state index is 0.0622. The largest absolute Gasteiger partial charge is 0.361 e. The predicted octanol–water partition coefficient (Wildman–Crippen LogP) is 0.957. The fourth-order valence-corrected chi connectivity index (χ4v) is 3.23. The van der Waals surface area contributed by atoms with Crippen molar-refractivity contribution in [2.24, 2.45) is 5.14 Å². The van der Waals surface area contributed by atoms with Crippen LogP contribution < -0.4 is 5.14 Å². The van der Waals surface area contributed by atoms with Crippen LogP contribution in [0.15, 0.2) is 21.8 Å². The van der Waals surface area contributed by atoms with E-state index < -0.39 is 10.0 Å². The summed E-state index contributed by atoms with van der Waals surface area (Å²) in [6.45, 7) is 5.19. The molecule has 0 unspecified atom stereocenters. The highest BCUT2D eigenvalue weighted by Gasteiger charge is 2.22. The van der Waals surface area contributed by atoms with Crippen molar-refractivity contribution < 1.29 is 12.9 Å². The maximum Gasteiger partial charge on any atom is 0.243 e. The topological polar surface area (TPSA) is 116 Å². The van der Waals surface area contributed by atoms with E-state index >= 15 is 0 Å². The van der Waals surface area contributed by atoms with Crippen molar-refractivity contribution in [2.45, 2.75) is 25.7 Å². The standard InChI is InChI=1S/C12H13N5O3S/c1-6-10(8(3)20-16-6)9-4-14-12-11(21(13,18)19)7(2)15-17(12)5-9/h4-5H,1-3H3,(H2,13,18,19). The van der Waals surface area contributed by atoms with Crippen LogP contribution in [0.4, 0.5) is 0 Å². The lowest BCUT2D eigenvalue weighted by Crippen LogP contribution is -2.13. The van der Waals surface area contributed by atoms with Gasteiger partial charge in [-0.05, 0) is 20.8 Å². The van der Waals surface area contributed by atoms with Crippen molar-refractivity contribution in [3.63, 3.8) is 0 Å². The summed E-state index contributed by atoms with van der Waals surface area (Å²) >= 11 is 0. The summed E-state index contributed by atoms with van der Waals surface area (Å²) in [7, 11) is -3.88. The first-order valence-corrected chi connectivity index (χ1v) is 7.64. The SMILES string of the molecule is Cc1noc(C)c1-c1cnc2c(S(N)(=O)=O)c(C)nn2c1. The van der Waals surface area contributed by atoms with Crippen molar-refractivity contribution in [3.05, 3.63) is 29.5 Å². The molecule has 0 bridgehead atoms. The maximum absolute atomic E-state index is 11.6. The monoisotopic (exact) mass is 307 g/mol. The van der Waals surface area contributed by atoms with Crippen LogP contribution in [0.5, 0.6) is 0 Å². The molecule has 0 aromatic carbocycles. The lowest BCUT2D eigenvalue weighted by molar-refractivity contribution is 0.393. The van der Waals surface area contributed by atoms with Crippen LogP contribution in [0.1, 0.15) is 17.1 Å². The Morgan fingerprint density at radius 2 is 1.95 bits per heavy atom. The highest BCUT2D eigenvalue weighted by molar-refractivity contribution is 7.89. The van der Waals surface area contributed by atoms with Crippen molar-refractivity contribution >= 4 is 15.7 Å². The molecular formula is C12H13N5O3S. The fourth-order valence-electron chi connectivity index (χ4n) is 2.38. The average Bonchev–Trinajstić information content (AvgIpc) is 2.87. The second-order valence-corrected chi connectivity index (χ2v) is 6.27. The van der Waals surface area contributed by atoms with E-state index in [4.69, 9.17) is 9.66 Å². The van der Waals surface area contributed by atoms with Gasteiger partial charge in [0.15, 0.2) is 5.65 Å². The smallest absolute Gasteiger partial charge is 0.243 e. The quantitative estimate of drug-likeness (QED) is 0.753. The summed E-state index contributed by atoms with van der Waals surface area (Å²) in [5.41, 5.74) is 2.78. The van der Waals surface area contributed by atoms with Crippen molar-refractivity contribution in [2.75, 3.05) is 0 Å². The lowest BCUT2D eigenvalue weighted by Gasteiger charge is -2.01. The van der Waals surface area contributed by atoms with Gasteiger partial charge in [-0.1, -0.05) is 5.16 Å². The minimum atomic E-state index is -3.88. The molecule has 0 amide bonds. The van der Waals surface area contributed by atoms with E-state index in [2.05, 4.69) is 15.2 Å².